The lowest BCUT2D eigenvalue weighted by Gasteiger charge is -2.20. The number of hydrogen-bond donors (Lipinski definition) is 0. The second kappa shape index (κ2) is 20.7. The van der Waals surface area contributed by atoms with Gasteiger partial charge < -0.3 is 0 Å². The van der Waals surface area contributed by atoms with Crippen molar-refractivity contribution in [3.63, 3.8) is 0 Å². The maximum absolute atomic E-state index is 2.38. The molecular weight excluding hydrogens is 355 g/mol. The number of rotatable bonds is 21. The molecule has 0 N–H and O–H groups in total. The van der Waals surface area contributed by atoms with Gasteiger partial charge in [0, 0.05) is 0 Å². The average molecular weight is 413 g/mol. The topological polar surface area (TPSA) is 0 Å². The van der Waals surface area contributed by atoms with Gasteiger partial charge in [-0.1, -0.05) is 119 Å². The second-order valence-electron chi connectivity index (χ2n) is 9.38. The first kappa shape index (κ1) is 28.4. The summed E-state index contributed by atoms with van der Waals surface area (Å²) in [6.45, 7) is 14.3. The van der Waals surface area contributed by atoms with Gasteiger partial charge in [-0.2, -0.15) is 0 Å². The van der Waals surface area contributed by atoms with Crippen molar-refractivity contribution in [2.24, 2.45) is 17.8 Å². The average Bonchev–Trinajstić information content (AvgIpc) is 2.73. The Balaban J connectivity index is 4.17. The molecule has 0 amide bonds. The van der Waals surface area contributed by atoms with Crippen LogP contribution in [0.15, 0.2) is 0 Å². The molecule has 0 aliphatic heterocycles. The first-order chi connectivity index (χ1) is 13.6. The van der Waals surface area contributed by atoms with Gasteiger partial charge in [0.2, 0.25) is 0 Å². The number of hydrogen-bond acceptors (Lipinski definition) is 0. The van der Waals surface area contributed by atoms with Crippen molar-refractivity contribution in [2.75, 3.05) is 18.5 Å². The zero-order chi connectivity index (χ0) is 21.0. The summed E-state index contributed by atoms with van der Waals surface area (Å²) in [6, 6.07) is 0. The molecule has 1 heteroatoms. The van der Waals surface area contributed by atoms with Crippen LogP contribution in [-0.2, 0) is 0 Å². The van der Waals surface area contributed by atoms with Crippen LogP contribution < -0.4 is 0 Å². The zero-order valence-corrected chi connectivity index (χ0v) is 21.8. The van der Waals surface area contributed by atoms with E-state index in [1.54, 1.807) is 18.5 Å². The van der Waals surface area contributed by atoms with Crippen LogP contribution in [0.2, 0.25) is 0 Å². The van der Waals surface area contributed by atoms with Crippen LogP contribution in [0.1, 0.15) is 138 Å². The summed E-state index contributed by atoms with van der Waals surface area (Å²) in [5.74, 6) is 2.98. The third kappa shape index (κ3) is 15.3. The Morgan fingerprint density at radius 1 is 0.393 bits per heavy atom. The molecule has 0 saturated heterocycles. The van der Waals surface area contributed by atoms with Crippen LogP contribution in [0.4, 0.5) is 0 Å². The fourth-order valence-electron chi connectivity index (χ4n) is 4.73. The van der Waals surface area contributed by atoms with Crippen LogP contribution >= 0.6 is 7.92 Å². The van der Waals surface area contributed by atoms with Crippen molar-refractivity contribution in [1.29, 1.82) is 0 Å². The quantitative estimate of drug-likeness (QED) is 0.130. The Morgan fingerprint density at radius 3 is 0.857 bits per heavy atom. The van der Waals surface area contributed by atoms with Gasteiger partial charge in [0.25, 0.3) is 0 Å². The second-order valence-corrected chi connectivity index (χ2v) is 12.1. The smallest absolute Gasteiger partial charge is 0.0326 e. The standard InChI is InChI=1S/C27H57P/c1-7-25(8-2)19-13-16-22-28(23-17-14-20-26(9-3)10-4)24-18-15-21-27(11-5)12-6/h25-27H,7-24H2,1-6H3. The molecule has 0 heterocycles. The van der Waals surface area contributed by atoms with Gasteiger partial charge >= 0.3 is 0 Å². The predicted molar refractivity (Wildman–Crippen MR) is 135 cm³/mol. The summed E-state index contributed by atoms with van der Waals surface area (Å²) >= 11 is 0. The molecule has 0 radical (unpaired) electrons. The van der Waals surface area contributed by atoms with Crippen LogP contribution in [0.5, 0.6) is 0 Å². The molecule has 0 saturated carbocycles. The summed E-state index contributed by atoms with van der Waals surface area (Å²) in [5, 5.41) is 0. The Bertz CT molecular complexity index is 241. The maximum atomic E-state index is 2.38. The number of unbranched alkanes of at least 4 members (excludes halogenated alkanes) is 3. The molecule has 0 aliphatic rings. The van der Waals surface area contributed by atoms with Crippen molar-refractivity contribution in [3.8, 4) is 0 Å². The van der Waals surface area contributed by atoms with Gasteiger partial charge in [-0.15, -0.1) is 7.92 Å². The molecule has 0 nitrogen and oxygen atoms in total. The van der Waals surface area contributed by atoms with E-state index in [1.165, 1.54) is 96.3 Å². The minimum Gasteiger partial charge on any atom is -0.107 e. The first-order valence-electron chi connectivity index (χ1n) is 13.4. The molecule has 0 rings (SSSR count). The summed E-state index contributed by atoms with van der Waals surface area (Å²) in [6.07, 6.45) is 26.5. The van der Waals surface area contributed by atoms with E-state index in [9.17, 15) is 0 Å². The van der Waals surface area contributed by atoms with Gasteiger partial charge in [-0.25, -0.2) is 0 Å². The Hall–Kier alpha value is 0.430. The molecule has 170 valence electrons. The fraction of sp³-hybridized carbons (Fsp3) is 1.00. The zero-order valence-electron chi connectivity index (χ0n) is 20.9. The largest absolute Gasteiger partial charge is 0.107 e. The lowest BCUT2D eigenvalue weighted by Crippen LogP contribution is -2.02. The molecule has 0 spiro atoms. The summed E-state index contributed by atoms with van der Waals surface area (Å²) < 4.78 is 0. The van der Waals surface area contributed by atoms with Gasteiger partial charge in [-0.05, 0) is 55.5 Å². The van der Waals surface area contributed by atoms with Gasteiger partial charge in [-0.3, -0.25) is 0 Å². The summed E-state index contributed by atoms with van der Waals surface area (Å²) in [4.78, 5) is 0. The lowest BCUT2D eigenvalue weighted by molar-refractivity contribution is 0.436. The highest BCUT2D eigenvalue weighted by molar-refractivity contribution is 7.57. The Labute approximate surface area is 182 Å². The minimum absolute atomic E-state index is 0.321. The molecule has 0 fully saturated rings. The highest BCUT2D eigenvalue weighted by Crippen LogP contribution is 2.40. The summed E-state index contributed by atoms with van der Waals surface area (Å²) in [7, 11) is 0.321. The van der Waals surface area contributed by atoms with E-state index in [-0.39, 0.29) is 0 Å². The van der Waals surface area contributed by atoms with E-state index in [0.717, 1.165) is 17.8 Å². The van der Waals surface area contributed by atoms with Crippen molar-refractivity contribution in [3.05, 3.63) is 0 Å². The van der Waals surface area contributed by atoms with Crippen molar-refractivity contribution in [1.82, 2.24) is 0 Å². The molecule has 28 heavy (non-hydrogen) atoms. The van der Waals surface area contributed by atoms with Crippen molar-refractivity contribution >= 4 is 7.92 Å². The highest BCUT2D eigenvalue weighted by Gasteiger charge is 2.11. The van der Waals surface area contributed by atoms with Crippen molar-refractivity contribution in [2.45, 2.75) is 138 Å². The fourth-order valence-corrected chi connectivity index (χ4v) is 7.41. The normalized spacial score (nSPS) is 12.2. The van der Waals surface area contributed by atoms with Gasteiger partial charge in [0.15, 0.2) is 0 Å². The minimum atomic E-state index is 0.321. The van der Waals surface area contributed by atoms with E-state index in [4.69, 9.17) is 0 Å². The van der Waals surface area contributed by atoms with Crippen LogP contribution in [0.3, 0.4) is 0 Å². The maximum Gasteiger partial charge on any atom is -0.0326 e. The first-order valence-corrected chi connectivity index (χ1v) is 15.3. The molecule has 0 aromatic carbocycles. The molecule has 0 bridgehead atoms. The SMILES string of the molecule is CCC(CC)CCCCP(CCCCC(CC)CC)CCCCC(CC)CC. The highest BCUT2D eigenvalue weighted by atomic mass is 31.1. The third-order valence-electron chi connectivity index (χ3n) is 7.47. The molecule has 0 aliphatic carbocycles. The molecular formula is C27H57P. The lowest BCUT2D eigenvalue weighted by atomic mass is 9.97. The Kier molecular flexibility index (Phi) is 21.0. The monoisotopic (exact) mass is 412 g/mol. The van der Waals surface area contributed by atoms with Gasteiger partial charge in [0.1, 0.15) is 0 Å². The van der Waals surface area contributed by atoms with E-state index in [2.05, 4.69) is 41.5 Å². The van der Waals surface area contributed by atoms with E-state index in [1.807, 2.05) is 0 Å². The van der Waals surface area contributed by atoms with Gasteiger partial charge in [0.05, 0.1) is 0 Å². The predicted octanol–water partition coefficient (Wildman–Crippen LogP) is 10.3. The van der Waals surface area contributed by atoms with Crippen LogP contribution in [0.25, 0.3) is 0 Å². The van der Waals surface area contributed by atoms with E-state index < -0.39 is 0 Å². The van der Waals surface area contributed by atoms with E-state index in [0.29, 0.717) is 7.92 Å². The van der Waals surface area contributed by atoms with Crippen molar-refractivity contribution < 1.29 is 0 Å². The summed E-state index contributed by atoms with van der Waals surface area (Å²) in [5.41, 5.74) is 0. The molecule has 0 aromatic heterocycles. The molecule has 0 aromatic rings. The van der Waals surface area contributed by atoms with E-state index >= 15 is 0 Å². The van der Waals surface area contributed by atoms with Crippen LogP contribution in [-0.4, -0.2) is 18.5 Å². The van der Waals surface area contributed by atoms with Crippen LogP contribution in [0, 0.1) is 17.8 Å². The third-order valence-corrected chi connectivity index (χ3v) is 10.3. The molecule has 0 atom stereocenters. The Morgan fingerprint density at radius 2 is 0.643 bits per heavy atom. The molecule has 0 unspecified atom stereocenters.